The SMILES string of the molecule is C=CCOc1ccc(CN(C)C(=O)C(C)CNCC)cc1. The van der Waals surface area contributed by atoms with Crippen LogP contribution in [0.1, 0.15) is 19.4 Å². The predicted octanol–water partition coefficient (Wildman–Crippen LogP) is 2.46. The van der Waals surface area contributed by atoms with Gasteiger partial charge in [0.15, 0.2) is 0 Å². The first-order valence-corrected chi connectivity index (χ1v) is 7.36. The maximum atomic E-state index is 12.2. The van der Waals surface area contributed by atoms with Gasteiger partial charge < -0.3 is 15.0 Å². The molecule has 0 aliphatic carbocycles. The van der Waals surface area contributed by atoms with Gasteiger partial charge in [0, 0.05) is 26.1 Å². The van der Waals surface area contributed by atoms with Crippen molar-refractivity contribution >= 4 is 5.91 Å². The van der Waals surface area contributed by atoms with Crippen molar-refractivity contribution in [3.8, 4) is 5.75 Å². The van der Waals surface area contributed by atoms with Crippen molar-refractivity contribution in [3.05, 3.63) is 42.5 Å². The molecule has 1 atom stereocenters. The van der Waals surface area contributed by atoms with Crippen LogP contribution < -0.4 is 10.1 Å². The smallest absolute Gasteiger partial charge is 0.226 e. The lowest BCUT2D eigenvalue weighted by Crippen LogP contribution is -2.36. The third-order valence-electron chi connectivity index (χ3n) is 3.21. The lowest BCUT2D eigenvalue weighted by atomic mass is 10.1. The molecule has 1 aromatic rings. The van der Waals surface area contributed by atoms with Gasteiger partial charge in [-0.25, -0.2) is 0 Å². The van der Waals surface area contributed by atoms with Gasteiger partial charge in [0.25, 0.3) is 0 Å². The highest BCUT2D eigenvalue weighted by Crippen LogP contribution is 2.14. The highest BCUT2D eigenvalue weighted by atomic mass is 16.5. The minimum atomic E-state index is -0.00912. The van der Waals surface area contributed by atoms with E-state index in [0.29, 0.717) is 19.7 Å². The van der Waals surface area contributed by atoms with Crippen molar-refractivity contribution in [2.75, 3.05) is 26.7 Å². The summed E-state index contributed by atoms with van der Waals surface area (Å²) in [5.41, 5.74) is 1.09. The summed E-state index contributed by atoms with van der Waals surface area (Å²) in [4.78, 5) is 14.0. The minimum Gasteiger partial charge on any atom is -0.490 e. The molecule has 4 heteroatoms. The first-order valence-electron chi connectivity index (χ1n) is 7.36. The molecule has 0 heterocycles. The van der Waals surface area contributed by atoms with E-state index in [4.69, 9.17) is 4.74 Å². The number of nitrogens with one attached hydrogen (secondary N) is 1. The minimum absolute atomic E-state index is 0.00912. The van der Waals surface area contributed by atoms with Crippen molar-refractivity contribution in [2.24, 2.45) is 5.92 Å². The number of nitrogens with zero attached hydrogens (tertiary/aromatic N) is 1. The summed E-state index contributed by atoms with van der Waals surface area (Å²) in [5.74, 6) is 0.959. The first-order chi connectivity index (χ1) is 10.1. The zero-order valence-corrected chi connectivity index (χ0v) is 13.3. The summed E-state index contributed by atoms with van der Waals surface area (Å²) in [7, 11) is 1.84. The average molecular weight is 290 g/mol. The molecule has 21 heavy (non-hydrogen) atoms. The summed E-state index contributed by atoms with van der Waals surface area (Å²) in [6.07, 6.45) is 1.71. The Bertz CT molecular complexity index is 443. The van der Waals surface area contributed by atoms with Crippen LogP contribution in [0.4, 0.5) is 0 Å². The molecule has 0 saturated carbocycles. The molecule has 4 nitrogen and oxygen atoms in total. The van der Waals surface area contributed by atoms with E-state index in [0.717, 1.165) is 17.9 Å². The summed E-state index contributed by atoms with van der Waals surface area (Å²) in [5, 5.41) is 3.20. The fraction of sp³-hybridized carbons (Fsp3) is 0.471. The molecular formula is C17H26N2O2. The van der Waals surface area contributed by atoms with Crippen molar-refractivity contribution in [2.45, 2.75) is 20.4 Å². The van der Waals surface area contributed by atoms with Crippen LogP contribution in [0.25, 0.3) is 0 Å². The van der Waals surface area contributed by atoms with Gasteiger partial charge in [-0.3, -0.25) is 4.79 Å². The van der Waals surface area contributed by atoms with Crippen molar-refractivity contribution in [1.82, 2.24) is 10.2 Å². The Hall–Kier alpha value is -1.81. The molecular weight excluding hydrogens is 264 g/mol. The Morgan fingerprint density at radius 3 is 2.67 bits per heavy atom. The molecule has 116 valence electrons. The number of rotatable bonds is 9. The average Bonchev–Trinajstić information content (AvgIpc) is 2.51. The molecule has 0 fully saturated rings. The number of hydrogen-bond donors (Lipinski definition) is 1. The molecule has 1 rings (SSSR count). The molecule has 0 bridgehead atoms. The van der Waals surface area contributed by atoms with Crippen molar-refractivity contribution < 1.29 is 9.53 Å². The Morgan fingerprint density at radius 1 is 1.43 bits per heavy atom. The molecule has 1 unspecified atom stereocenters. The van der Waals surface area contributed by atoms with Gasteiger partial charge in [-0.05, 0) is 24.2 Å². The van der Waals surface area contributed by atoms with Crippen LogP contribution in [0.3, 0.4) is 0 Å². The summed E-state index contributed by atoms with van der Waals surface area (Å²) < 4.78 is 5.44. The highest BCUT2D eigenvalue weighted by Gasteiger charge is 2.16. The highest BCUT2D eigenvalue weighted by molar-refractivity contribution is 5.78. The summed E-state index contributed by atoms with van der Waals surface area (Å²) >= 11 is 0. The van der Waals surface area contributed by atoms with Gasteiger partial charge in [0.1, 0.15) is 12.4 Å². The fourth-order valence-corrected chi connectivity index (χ4v) is 2.02. The quantitative estimate of drug-likeness (QED) is 0.710. The molecule has 0 saturated heterocycles. The second-order valence-electron chi connectivity index (χ2n) is 5.15. The van der Waals surface area contributed by atoms with E-state index in [9.17, 15) is 4.79 Å². The van der Waals surface area contributed by atoms with Gasteiger partial charge in [0.2, 0.25) is 5.91 Å². The Morgan fingerprint density at radius 2 is 2.10 bits per heavy atom. The Labute approximate surface area is 127 Å². The lowest BCUT2D eigenvalue weighted by Gasteiger charge is -2.21. The van der Waals surface area contributed by atoms with Crippen LogP contribution in [0.2, 0.25) is 0 Å². The van der Waals surface area contributed by atoms with Crippen LogP contribution in [0.15, 0.2) is 36.9 Å². The molecule has 1 amide bonds. The monoisotopic (exact) mass is 290 g/mol. The molecule has 1 N–H and O–H groups in total. The molecule has 0 radical (unpaired) electrons. The second kappa shape index (κ2) is 9.19. The maximum Gasteiger partial charge on any atom is 0.226 e. The topological polar surface area (TPSA) is 41.6 Å². The molecule has 0 aliphatic heterocycles. The third kappa shape index (κ3) is 6.00. The Kier molecular flexibility index (Phi) is 7.54. The van der Waals surface area contributed by atoms with E-state index in [1.54, 1.807) is 11.0 Å². The first kappa shape index (κ1) is 17.2. The van der Waals surface area contributed by atoms with Crippen LogP contribution in [-0.4, -0.2) is 37.6 Å². The summed E-state index contributed by atoms with van der Waals surface area (Å²) in [6.45, 7) is 10.3. The van der Waals surface area contributed by atoms with Gasteiger partial charge in [0.05, 0.1) is 0 Å². The van der Waals surface area contributed by atoms with Crippen LogP contribution in [0.5, 0.6) is 5.75 Å². The van der Waals surface area contributed by atoms with Crippen LogP contribution in [0, 0.1) is 5.92 Å². The lowest BCUT2D eigenvalue weighted by molar-refractivity contribution is -0.134. The number of carbonyl (C=O) groups is 1. The molecule has 0 spiro atoms. The standard InChI is InChI=1S/C17H26N2O2/c1-5-11-21-16-9-7-15(8-10-16)13-19(4)17(20)14(3)12-18-6-2/h5,7-10,14,18H,1,6,11-13H2,2-4H3. The molecule has 1 aromatic carbocycles. The molecule has 0 aliphatic rings. The van der Waals surface area contributed by atoms with E-state index >= 15 is 0 Å². The van der Waals surface area contributed by atoms with Crippen LogP contribution in [-0.2, 0) is 11.3 Å². The largest absolute Gasteiger partial charge is 0.490 e. The van der Waals surface area contributed by atoms with Crippen LogP contribution >= 0.6 is 0 Å². The maximum absolute atomic E-state index is 12.2. The van der Waals surface area contributed by atoms with E-state index in [-0.39, 0.29) is 11.8 Å². The number of benzene rings is 1. The fourth-order valence-electron chi connectivity index (χ4n) is 2.02. The van der Waals surface area contributed by atoms with E-state index < -0.39 is 0 Å². The van der Waals surface area contributed by atoms with E-state index in [2.05, 4.69) is 11.9 Å². The summed E-state index contributed by atoms with van der Waals surface area (Å²) in [6, 6.07) is 7.80. The Balaban J connectivity index is 2.51. The van der Waals surface area contributed by atoms with Gasteiger partial charge in [-0.15, -0.1) is 0 Å². The zero-order chi connectivity index (χ0) is 15.7. The normalized spacial score (nSPS) is 11.8. The zero-order valence-electron chi connectivity index (χ0n) is 13.3. The number of amides is 1. The number of carbonyl (C=O) groups excluding carboxylic acids is 1. The third-order valence-corrected chi connectivity index (χ3v) is 3.21. The second-order valence-corrected chi connectivity index (χ2v) is 5.15. The van der Waals surface area contributed by atoms with E-state index in [1.165, 1.54) is 0 Å². The van der Waals surface area contributed by atoms with Gasteiger partial charge >= 0.3 is 0 Å². The van der Waals surface area contributed by atoms with E-state index in [1.807, 2.05) is 45.2 Å². The number of hydrogen-bond acceptors (Lipinski definition) is 3. The van der Waals surface area contributed by atoms with Gasteiger partial charge in [-0.2, -0.15) is 0 Å². The van der Waals surface area contributed by atoms with Crippen molar-refractivity contribution in [1.29, 1.82) is 0 Å². The molecule has 0 aromatic heterocycles. The van der Waals surface area contributed by atoms with Gasteiger partial charge in [-0.1, -0.05) is 38.6 Å². The number of ether oxygens (including phenoxy) is 1. The van der Waals surface area contributed by atoms with Crippen molar-refractivity contribution in [3.63, 3.8) is 0 Å². The predicted molar refractivity (Wildman–Crippen MR) is 86.3 cm³/mol.